The fourth-order valence-corrected chi connectivity index (χ4v) is 2.22. The molecule has 2 rings (SSSR count). The molecule has 5 nitrogen and oxygen atoms in total. The Morgan fingerprint density at radius 1 is 1.32 bits per heavy atom. The molecule has 1 fully saturated rings. The highest BCUT2D eigenvalue weighted by molar-refractivity contribution is 5.92. The number of hydrogen-bond acceptors (Lipinski definition) is 4. The maximum absolute atomic E-state index is 12.1. The highest BCUT2D eigenvalue weighted by Gasteiger charge is 2.20. The van der Waals surface area contributed by atoms with Crippen LogP contribution >= 0.6 is 0 Å². The van der Waals surface area contributed by atoms with Gasteiger partial charge in [0.2, 0.25) is 0 Å². The number of amides is 1. The highest BCUT2D eigenvalue weighted by Crippen LogP contribution is 2.13. The lowest BCUT2D eigenvalue weighted by Gasteiger charge is -2.18. The van der Waals surface area contributed by atoms with Crippen molar-refractivity contribution in [2.75, 3.05) is 31.6 Å². The van der Waals surface area contributed by atoms with Gasteiger partial charge < -0.3 is 9.80 Å². The van der Waals surface area contributed by atoms with Crippen LogP contribution in [0.15, 0.2) is 12.4 Å². The first-order chi connectivity index (χ1) is 9.22. The van der Waals surface area contributed by atoms with Gasteiger partial charge >= 0.3 is 0 Å². The minimum Gasteiger partial charge on any atom is -0.358 e. The van der Waals surface area contributed by atoms with Gasteiger partial charge in [0.05, 0.1) is 12.4 Å². The average Bonchev–Trinajstić information content (AvgIpc) is 2.98. The minimum atomic E-state index is 0.00719. The minimum absolute atomic E-state index is 0.00719. The van der Waals surface area contributed by atoms with E-state index in [4.69, 9.17) is 0 Å². The number of rotatable bonds is 5. The molecule has 1 aliphatic heterocycles. The first-order valence-corrected chi connectivity index (χ1v) is 7.05. The van der Waals surface area contributed by atoms with Crippen LogP contribution in [0.3, 0.4) is 0 Å². The van der Waals surface area contributed by atoms with Gasteiger partial charge in [-0.05, 0) is 19.3 Å². The molecule has 0 N–H and O–H groups in total. The monoisotopic (exact) mass is 262 g/mol. The van der Waals surface area contributed by atoms with Crippen LogP contribution in [0, 0.1) is 0 Å². The summed E-state index contributed by atoms with van der Waals surface area (Å²) in [6, 6.07) is 0. The van der Waals surface area contributed by atoms with Gasteiger partial charge in [0.15, 0.2) is 0 Å². The van der Waals surface area contributed by atoms with Gasteiger partial charge in [-0.2, -0.15) is 0 Å². The quantitative estimate of drug-likeness (QED) is 0.814. The fourth-order valence-electron chi connectivity index (χ4n) is 2.22. The lowest BCUT2D eigenvalue weighted by molar-refractivity contribution is 0.0786. The van der Waals surface area contributed by atoms with Crippen molar-refractivity contribution in [3.05, 3.63) is 18.1 Å². The van der Waals surface area contributed by atoms with Crippen molar-refractivity contribution in [1.29, 1.82) is 0 Å². The Kier molecular flexibility index (Phi) is 4.71. The van der Waals surface area contributed by atoms with Gasteiger partial charge in [-0.15, -0.1) is 0 Å². The Bertz CT molecular complexity index is 412. The molecule has 1 aromatic rings. The summed E-state index contributed by atoms with van der Waals surface area (Å²) in [5.74, 6) is 0.833. The second-order valence-corrected chi connectivity index (χ2v) is 5.03. The number of carbonyl (C=O) groups is 1. The van der Waals surface area contributed by atoms with E-state index in [2.05, 4.69) is 21.8 Å². The number of likely N-dealkylation sites (tertiary alicyclic amines) is 1. The summed E-state index contributed by atoms with van der Waals surface area (Å²) in [6.07, 6.45) is 7.77. The summed E-state index contributed by atoms with van der Waals surface area (Å²) in [7, 11) is 2.00. The largest absolute Gasteiger partial charge is 0.358 e. The summed E-state index contributed by atoms with van der Waals surface area (Å²) < 4.78 is 0. The van der Waals surface area contributed by atoms with Crippen molar-refractivity contribution in [3.63, 3.8) is 0 Å². The highest BCUT2D eigenvalue weighted by atomic mass is 16.2. The van der Waals surface area contributed by atoms with Gasteiger partial charge in [-0.1, -0.05) is 13.3 Å². The predicted molar refractivity (Wildman–Crippen MR) is 75.3 cm³/mol. The summed E-state index contributed by atoms with van der Waals surface area (Å²) >= 11 is 0. The lowest BCUT2D eigenvalue weighted by atomic mass is 10.3. The molecule has 0 spiro atoms. The van der Waals surface area contributed by atoms with E-state index in [-0.39, 0.29) is 5.91 Å². The number of anilines is 1. The molecule has 0 radical (unpaired) electrons. The molecule has 104 valence electrons. The average molecular weight is 262 g/mol. The van der Waals surface area contributed by atoms with Crippen LogP contribution in [-0.2, 0) is 0 Å². The van der Waals surface area contributed by atoms with Crippen molar-refractivity contribution >= 4 is 11.7 Å². The van der Waals surface area contributed by atoms with Crippen LogP contribution in [0.1, 0.15) is 43.1 Å². The SMILES string of the molecule is CCCCN(C)c1cnc(C(=O)N2CCCC2)cn1. The van der Waals surface area contributed by atoms with Crippen LogP contribution < -0.4 is 4.90 Å². The van der Waals surface area contributed by atoms with Crippen molar-refractivity contribution in [2.24, 2.45) is 0 Å². The molecule has 2 heterocycles. The Morgan fingerprint density at radius 2 is 2.05 bits per heavy atom. The molecule has 0 aromatic carbocycles. The third-order valence-electron chi connectivity index (χ3n) is 3.49. The Balaban J connectivity index is 1.99. The topological polar surface area (TPSA) is 49.3 Å². The molecule has 1 saturated heterocycles. The van der Waals surface area contributed by atoms with Crippen LogP contribution in [0.25, 0.3) is 0 Å². The zero-order valence-corrected chi connectivity index (χ0v) is 11.8. The van der Waals surface area contributed by atoms with Crippen LogP contribution in [0.5, 0.6) is 0 Å². The number of nitrogens with zero attached hydrogens (tertiary/aromatic N) is 4. The Labute approximate surface area is 114 Å². The summed E-state index contributed by atoms with van der Waals surface area (Å²) in [5, 5.41) is 0. The normalized spacial score (nSPS) is 14.7. The molecule has 1 aromatic heterocycles. The van der Waals surface area contributed by atoms with Gasteiger partial charge in [-0.3, -0.25) is 4.79 Å². The molecule has 0 atom stereocenters. The number of hydrogen-bond donors (Lipinski definition) is 0. The molecule has 19 heavy (non-hydrogen) atoms. The maximum atomic E-state index is 12.1. The van der Waals surface area contributed by atoms with Crippen molar-refractivity contribution in [1.82, 2.24) is 14.9 Å². The van der Waals surface area contributed by atoms with Gasteiger partial charge in [-0.25, -0.2) is 9.97 Å². The Morgan fingerprint density at radius 3 is 2.63 bits per heavy atom. The first-order valence-electron chi connectivity index (χ1n) is 7.05. The van der Waals surface area contributed by atoms with E-state index in [0.29, 0.717) is 5.69 Å². The second-order valence-electron chi connectivity index (χ2n) is 5.03. The van der Waals surface area contributed by atoms with Crippen LogP contribution in [-0.4, -0.2) is 47.5 Å². The number of unbranched alkanes of at least 4 members (excludes halogenated alkanes) is 1. The zero-order valence-electron chi connectivity index (χ0n) is 11.8. The zero-order chi connectivity index (χ0) is 13.7. The van der Waals surface area contributed by atoms with Crippen molar-refractivity contribution in [2.45, 2.75) is 32.6 Å². The van der Waals surface area contributed by atoms with E-state index in [0.717, 1.165) is 51.1 Å². The number of carbonyl (C=O) groups excluding carboxylic acids is 1. The van der Waals surface area contributed by atoms with Crippen LogP contribution in [0.4, 0.5) is 5.82 Å². The molecule has 5 heteroatoms. The molecular weight excluding hydrogens is 240 g/mol. The molecule has 0 aliphatic carbocycles. The maximum Gasteiger partial charge on any atom is 0.274 e. The Hall–Kier alpha value is -1.65. The molecule has 1 amide bonds. The number of aromatic nitrogens is 2. The third-order valence-corrected chi connectivity index (χ3v) is 3.49. The van der Waals surface area contributed by atoms with Gasteiger partial charge in [0.25, 0.3) is 5.91 Å². The molecular formula is C14H22N4O. The van der Waals surface area contributed by atoms with Crippen molar-refractivity contribution in [3.8, 4) is 0 Å². The molecule has 0 unspecified atom stereocenters. The fraction of sp³-hybridized carbons (Fsp3) is 0.643. The van der Waals surface area contributed by atoms with E-state index in [1.165, 1.54) is 0 Å². The van der Waals surface area contributed by atoms with E-state index < -0.39 is 0 Å². The molecule has 1 aliphatic rings. The second kappa shape index (κ2) is 6.50. The van der Waals surface area contributed by atoms with Gasteiger partial charge in [0, 0.05) is 26.7 Å². The summed E-state index contributed by atoms with van der Waals surface area (Å²) in [6.45, 7) is 4.82. The van der Waals surface area contributed by atoms with Gasteiger partial charge in [0.1, 0.15) is 11.5 Å². The lowest BCUT2D eigenvalue weighted by Crippen LogP contribution is -2.28. The van der Waals surface area contributed by atoms with Crippen LogP contribution in [0.2, 0.25) is 0 Å². The first kappa shape index (κ1) is 13.8. The standard InChI is InChI=1S/C14H22N4O/c1-3-4-7-17(2)13-11-15-12(10-16-13)14(19)18-8-5-6-9-18/h10-11H,3-9H2,1-2H3. The van der Waals surface area contributed by atoms with E-state index in [9.17, 15) is 4.79 Å². The van der Waals surface area contributed by atoms with E-state index >= 15 is 0 Å². The van der Waals surface area contributed by atoms with Crippen molar-refractivity contribution < 1.29 is 4.79 Å². The van der Waals surface area contributed by atoms with E-state index in [1.807, 2.05) is 11.9 Å². The third kappa shape index (κ3) is 3.43. The summed E-state index contributed by atoms with van der Waals surface area (Å²) in [5.41, 5.74) is 0.453. The predicted octanol–water partition coefficient (Wildman–Crippen LogP) is 1.95. The summed E-state index contributed by atoms with van der Waals surface area (Å²) in [4.78, 5) is 24.6. The smallest absolute Gasteiger partial charge is 0.274 e. The molecule has 0 saturated carbocycles. The van der Waals surface area contributed by atoms with E-state index in [1.54, 1.807) is 12.4 Å². The molecule has 0 bridgehead atoms.